The molecule has 0 fully saturated rings. The van der Waals surface area contributed by atoms with Crippen LogP contribution in [0.15, 0.2) is 47.5 Å². The van der Waals surface area contributed by atoms with Crippen molar-refractivity contribution >= 4 is 60.6 Å². The number of benzene rings is 2. The van der Waals surface area contributed by atoms with Gasteiger partial charge >= 0.3 is 5.91 Å². The van der Waals surface area contributed by atoms with Crippen LogP contribution in [0.3, 0.4) is 0 Å². The van der Waals surface area contributed by atoms with Gasteiger partial charge in [0.1, 0.15) is 0 Å². The van der Waals surface area contributed by atoms with Crippen LogP contribution in [-0.4, -0.2) is 28.7 Å². The number of ether oxygens (including phenoxy) is 1. The summed E-state index contributed by atoms with van der Waals surface area (Å²) in [6.45, 7) is 3.68. The molecule has 4 aromatic rings. The molecular formula is C19H16ClN3O2S2. The van der Waals surface area contributed by atoms with Gasteiger partial charge in [-0.15, -0.1) is 11.3 Å². The lowest BCUT2D eigenvalue weighted by Gasteiger charge is -2.06. The second kappa shape index (κ2) is 7.90. The van der Waals surface area contributed by atoms with Gasteiger partial charge in [0.05, 0.1) is 32.1 Å². The molecule has 0 N–H and O–H groups in total. The number of aromatic nitrogens is 2. The summed E-state index contributed by atoms with van der Waals surface area (Å²) in [4.78, 5) is 22.1. The fourth-order valence-electron chi connectivity index (χ4n) is 2.78. The van der Waals surface area contributed by atoms with E-state index in [0.29, 0.717) is 34.6 Å². The molecule has 0 saturated heterocycles. The lowest BCUT2D eigenvalue weighted by molar-refractivity contribution is 0.0996. The molecule has 0 aliphatic carbocycles. The number of carbonyl (C=O) groups is 1. The molecule has 4 rings (SSSR count). The zero-order valence-electron chi connectivity index (χ0n) is 14.5. The molecule has 2 heterocycles. The molecule has 0 unspecified atom stereocenters. The Morgan fingerprint density at radius 2 is 2.00 bits per heavy atom. The highest BCUT2D eigenvalue weighted by molar-refractivity contribution is 7.20. The first-order valence-corrected chi connectivity index (χ1v) is 10.5. The molecule has 0 spiro atoms. The van der Waals surface area contributed by atoms with Crippen LogP contribution < -0.4 is 4.80 Å². The first-order valence-electron chi connectivity index (χ1n) is 8.47. The van der Waals surface area contributed by atoms with E-state index in [2.05, 4.69) is 9.98 Å². The van der Waals surface area contributed by atoms with Gasteiger partial charge in [-0.2, -0.15) is 4.99 Å². The van der Waals surface area contributed by atoms with Gasteiger partial charge in [0, 0.05) is 13.2 Å². The van der Waals surface area contributed by atoms with Crippen molar-refractivity contribution in [3.63, 3.8) is 0 Å². The van der Waals surface area contributed by atoms with Crippen LogP contribution in [0.2, 0.25) is 5.02 Å². The van der Waals surface area contributed by atoms with Crippen LogP contribution in [-0.2, 0) is 11.3 Å². The Kier molecular flexibility index (Phi) is 5.36. The molecule has 8 heteroatoms. The van der Waals surface area contributed by atoms with Gasteiger partial charge in [-0.3, -0.25) is 4.79 Å². The summed E-state index contributed by atoms with van der Waals surface area (Å²) < 4.78 is 9.38. The quantitative estimate of drug-likeness (QED) is 0.440. The van der Waals surface area contributed by atoms with E-state index in [1.807, 2.05) is 54.0 Å². The van der Waals surface area contributed by atoms with E-state index in [1.54, 1.807) is 0 Å². The predicted molar refractivity (Wildman–Crippen MR) is 111 cm³/mol. The third-order valence-corrected chi connectivity index (χ3v) is 6.36. The van der Waals surface area contributed by atoms with E-state index in [-0.39, 0.29) is 5.91 Å². The highest BCUT2D eigenvalue weighted by Crippen LogP contribution is 2.26. The zero-order chi connectivity index (χ0) is 18.8. The molecule has 2 aromatic carbocycles. The van der Waals surface area contributed by atoms with Crippen molar-refractivity contribution in [3.05, 3.63) is 57.3 Å². The van der Waals surface area contributed by atoms with Crippen LogP contribution in [0.5, 0.6) is 0 Å². The Bertz CT molecular complexity index is 1160. The first kappa shape index (κ1) is 18.3. The molecule has 27 heavy (non-hydrogen) atoms. The summed E-state index contributed by atoms with van der Waals surface area (Å²) in [5.41, 5.74) is 1.68. The number of fused-ring (bicyclic) bond motifs is 2. The van der Waals surface area contributed by atoms with Gasteiger partial charge in [-0.05, 0) is 31.2 Å². The molecule has 2 aromatic heterocycles. The lowest BCUT2D eigenvalue weighted by atomic mass is 10.3. The Morgan fingerprint density at radius 3 is 2.81 bits per heavy atom. The molecule has 5 nitrogen and oxygen atoms in total. The van der Waals surface area contributed by atoms with Crippen LogP contribution in [0, 0.1) is 0 Å². The maximum absolute atomic E-state index is 12.7. The van der Waals surface area contributed by atoms with Crippen molar-refractivity contribution in [1.82, 2.24) is 9.55 Å². The van der Waals surface area contributed by atoms with Gasteiger partial charge in [-0.25, -0.2) is 4.98 Å². The smallest absolute Gasteiger partial charge is 0.308 e. The van der Waals surface area contributed by atoms with E-state index in [1.165, 1.54) is 22.7 Å². The summed E-state index contributed by atoms with van der Waals surface area (Å²) in [5.74, 6) is -0.343. The molecule has 138 valence electrons. The Hall–Kier alpha value is -2.06. The summed E-state index contributed by atoms with van der Waals surface area (Å²) in [5, 5.41) is 1.02. The Labute approximate surface area is 168 Å². The Balaban J connectivity index is 1.80. The minimum Gasteiger partial charge on any atom is -0.380 e. The number of amides is 1. The number of carbonyl (C=O) groups excluding carboxylic acids is 1. The van der Waals surface area contributed by atoms with Crippen LogP contribution in [0.4, 0.5) is 0 Å². The van der Waals surface area contributed by atoms with Crippen molar-refractivity contribution < 1.29 is 9.53 Å². The third kappa shape index (κ3) is 3.68. The molecule has 0 aliphatic heterocycles. The standard InChI is InChI=1S/C19H16ClN3O2S2/c1-2-25-11-10-23-16-12(20)6-5-9-15(16)27-19(23)22-17(24)18-21-13-7-3-4-8-14(13)26-18/h3-9H,2,10-11H2,1H3. The molecule has 0 bridgehead atoms. The van der Waals surface area contributed by atoms with Crippen molar-refractivity contribution in [2.24, 2.45) is 4.99 Å². The number of hydrogen-bond donors (Lipinski definition) is 0. The van der Waals surface area contributed by atoms with E-state index in [0.717, 1.165) is 20.4 Å². The van der Waals surface area contributed by atoms with Crippen LogP contribution in [0.25, 0.3) is 20.4 Å². The second-order valence-electron chi connectivity index (χ2n) is 5.72. The van der Waals surface area contributed by atoms with E-state index < -0.39 is 0 Å². The van der Waals surface area contributed by atoms with Gasteiger partial charge < -0.3 is 9.30 Å². The average molecular weight is 418 g/mol. The second-order valence-corrected chi connectivity index (χ2v) is 8.17. The van der Waals surface area contributed by atoms with Crippen LogP contribution >= 0.6 is 34.3 Å². The maximum Gasteiger partial charge on any atom is 0.308 e. The molecule has 0 radical (unpaired) electrons. The summed E-state index contributed by atoms with van der Waals surface area (Å²) in [7, 11) is 0. The van der Waals surface area contributed by atoms with Crippen molar-refractivity contribution in [3.8, 4) is 0 Å². The van der Waals surface area contributed by atoms with Gasteiger partial charge in [-0.1, -0.05) is 41.1 Å². The minimum absolute atomic E-state index is 0.343. The van der Waals surface area contributed by atoms with Gasteiger partial charge in [0.25, 0.3) is 0 Å². The Morgan fingerprint density at radius 1 is 1.19 bits per heavy atom. The van der Waals surface area contributed by atoms with Gasteiger partial charge in [0.15, 0.2) is 9.81 Å². The number of nitrogens with zero attached hydrogens (tertiary/aromatic N) is 3. The predicted octanol–water partition coefficient (Wildman–Crippen LogP) is 4.74. The van der Waals surface area contributed by atoms with E-state index in [9.17, 15) is 4.79 Å². The molecule has 0 atom stereocenters. The minimum atomic E-state index is -0.343. The molecule has 0 aliphatic rings. The van der Waals surface area contributed by atoms with Gasteiger partial charge in [0.2, 0.25) is 0 Å². The zero-order valence-corrected chi connectivity index (χ0v) is 16.9. The van der Waals surface area contributed by atoms with Crippen LogP contribution in [0.1, 0.15) is 16.7 Å². The maximum atomic E-state index is 12.7. The number of rotatable bonds is 5. The van der Waals surface area contributed by atoms with E-state index >= 15 is 0 Å². The summed E-state index contributed by atoms with van der Waals surface area (Å²) in [6, 6.07) is 13.4. The fraction of sp³-hybridized carbons (Fsp3) is 0.211. The largest absolute Gasteiger partial charge is 0.380 e. The van der Waals surface area contributed by atoms with Crippen molar-refractivity contribution in [1.29, 1.82) is 0 Å². The highest BCUT2D eigenvalue weighted by atomic mass is 35.5. The normalized spacial score (nSPS) is 12.3. The summed E-state index contributed by atoms with van der Waals surface area (Å²) in [6.07, 6.45) is 0. The van der Waals surface area contributed by atoms with Crippen molar-refractivity contribution in [2.45, 2.75) is 13.5 Å². The first-order chi connectivity index (χ1) is 13.2. The number of hydrogen-bond acceptors (Lipinski definition) is 5. The molecule has 0 saturated carbocycles. The number of thiazole rings is 2. The number of halogens is 1. The summed E-state index contributed by atoms with van der Waals surface area (Å²) >= 11 is 9.19. The van der Waals surface area contributed by atoms with E-state index in [4.69, 9.17) is 16.3 Å². The van der Waals surface area contributed by atoms with Crippen molar-refractivity contribution in [2.75, 3.05) is 13.2 Å². The third-order valence-electron chi connectivity index (χ3n) is 3.99. The highest BCUT2D eigenvalue weighted by Gasteiger charge is 2.14. The molecular weight excluding hydrogens is 402 g/mol. The molecule has 1 amide bonds. The SMILES string of the molecule is CCOCCn1c(=NC(=O)c2nc3ccccc3s2)sc2cccc(Cl)c21. The average Bonchev–Trinajstić information content (AvgIpc) is 3.24. The number of para-hydroxylation sites is 2. The fourth-order valence-corrected chi connectivity index (χ4v) is 5.04. The lowest BCUT2D eigenvalue weighted by Crippen LogP contribution is -2.20. The topological polar surface area (TPSA) is 56.5 Å². The monoisotopic (exact) mass is 417 g/mol.